The summed E-state index contributed by atoms with van der Waals surface area (Å²) in [5.41, 5.74) is 5.54. The van der Waals surface area contributed by atoms with Gasteiger partial charge in [-0.05, 0) is 28.7 Å². The molecule has 0 aromatic heterocycles. The standard InChI is InChI=1S/C15H16.C13H12.4C3H8/c1-15(2,13-9-5-3-6-10-13)14-11-7-4-8-12-14;1-3-7-12(8-4-1)11-13-9-5-2-6-10-13;4*1-3-2/h3-12H,1-2H3;1-10H,11H2;4*3H2,1-2H3. The highest BCUT2D eigenvalue weighted by molar-refractivity contribution is 5.37. The number of hydrogen-bond donors (Lipinski definition) is 0. The zero-order chi connectivity index (χ0) is 30.5. The predicted octanol–water partition coefficient (Wildman–Crippen LogP) is 13.0. The van der Waals surface area contributed by atoms with Gasteiger partial charge in [-0.3, -0.25) is 0 Å². The van der Waals surface area contributed by atoms with E-state index < -0.39 is 0 Å². The van der Waals surface area contributed by atoms with Gasteiger partial charge in [0, 0.05) is 5.41 Å². The van der Waals surface area contributed by atoms with E-state index in [0.717, 1.165) is 6.42 Å². The van der Waals surface area contributed by atoms with Gasteiger partial charge in [0.2, 0.25) is 0 Å². The topological polar surface area (TPSA) is 0 Å². The molecule has 0 heteroatoms. The van der Waals surface area contributed by atoms with E-state index in [2.05, 4.69) is 191 Å². The Hall–Kier alpha value is -3.12. The Balaban J connectivity index is 0. The van der Waals surface area contributed by atoms with Crippen LogP contribution >= 0.6 is 0 Å². The average Bonchev–Trinajstić information content (AvgIpc) is 2.97. The monoisotopic (exact) mass is 540 g/mol. The summed E-state index contributed by atoms with van der Waals surface area (Å²) >= 11 is 0. The summed E-state index contributed by atoms with van der Waals surface area (Å²) in [4.78, 5) is 0. The summed E-state index contributed by atoms with van der Waals surface area (Å²) in [5, 5.41) is 0. The van der Waals surface area contributed by atoms with Crippen molar-refractivity contribution >= 4 is 0 Å². The molecule has 0 spiro atoms. The van der Waals surface area contributed by atoms with Crippen molar-refractivity contribution in [2.45, 2.75) is 107 Å². The summed E-state index contributed by atoms with van der Waals surface area (Å²) in [6.07, 6.45) is 6.03. The van der Waals surface area contributed by atoms with Gasteiger partial charge in [-0.2, -0.15) is 0 Å². The molecule has 0 unspecified atom stereocenters. The lowest BCUT2D eigenvalue weighted by Gasteiger charge is -2.25. The molecular weight excluding hydrogens is 480 g/mol. The maximum atomic E-state index is 2.26. The lowest BCUT2D eigenvalue weighted by molar-refractivity contribution is 0.641. The SMILES string of the molecule is CC(C)(c1ccccc1)c1ccccc1.CCC.CCC.CCC.CCC.c1ccc(Cc2ccccc2)cc1. The molecule has 4 aromatic rings. The van der Waals surface area contributed by atoms with Gasteiger partial charge in [-0.15, -0.1) is 0 Å². The summed E-state index contributed by atoms with van der Waals surface area (Å²) in [5.74, 6) is 0. The second kappa shape index (κ2) is 27.4. The fraction of sp³-hybridized carbons (Fsp3) is 0.400. The number of hydrogen-bond acceptors (Lipinski definition) is 0. The van der Waals surface area contributed by atoms with Gasteiger partial charge >= 0.3 is 0 Å². The van der Waals surface area contributed by atoms with E-state index in [4.69, 9.17) is 0 Å². The smallest absolute Gasteiger partial charge is 0.0146 e. The second-order valence-corrected chi connectivity index (χ2v) is 10.3. The van der Waals surface area contributed by atoms with Crippen LogP contribution in [0.3, 0.4) is 0 Å². The van der Waals surface area contributed by atoms with Gasteiger partial charge in [0.25, 0.3) is 0 Å². The lowest BCUT2D eigenvalue weighted by Crippen LogP contribution is -2.18. The Morgan fingerprint density at radius 2 is 0.550 bits per heavy atom. The maximum Gasteiger partial charge on any atom is 0.0146 e. The van der Waals surface area contributed by atoms with E-state index in [0.29, 0.717) is 0 Å². The van der Waals surface area contributed by atoms with E-state index >= 15 is 0 Å². The van der Waals surface area contributed by atoms with Crippen LogP contribution in [0, 0.1) is 0 Å². The van der Waals surface area contributed by atoms with Crippen LogP contribution < -0.4 is 0 Å². The van der Waals surface area contributed by atoms with Crippen LogP contribution in [0.2, 0.25) is 0 Å². The lowest BCUT2D eigenvalue weighted by atomic mass is 9.78. The van der Waals surface area contributed by atoms with Crippen LogP contribution in [0.15, 0.2) is 121 Å². The van der Waals surface area contributed by atoms with E-state index in [1.54, 1.807) is 0 Å². The van der Waals surface area contributed by atoms with Crippen molar-refractivity contribution in [3.8, 4) is 0 Å². The molecule has 0 atom stereocenters. The molecule has 0 fully saturated rings. The first-order chi connectivity index (χ1) is 19.3. The van der Waals surface area contributed by atoms with E-state index in [-0.39, 0.29) is 5.41 Å². The minimum absolute atomic E-state index is 0.0858. The summed E-state index contributed by atoms with van der Waals surface area (Å²) < 4.78 is 0. The molecule has 0 saturated heterocycles. The molecule has 4 aromatic carbocycles. The summed E-state index contributed by atoms with van der Waals surface area (Å²) in [7, 11) is 0. The highest BCUT2D eigenvalue weighted by atomic mass is 14.2. The fourth-order valence-corrected chi connectivity index (χ4v) is 3.30. The first-order valence-electron chi connectivity index (χ1n) is 15.5. The molecule has 0 aliphatic heterocycles. The molecule has 0 radical (unpaired) electrons. The Bertz CT molecular complexity index is 900. The molecule has 0 aliphatic rings. The van der Waals surface area contributed by atoms with Gasteiger partial charge in [0.15, 0.2) is 0 Å². The fourth-order valence-electron chi connectivity index (χ4n) is 3.30. The van der Waals surface area contributed by atoms with E-state index in [9.17, 15) is 0 Å². The third-order valence-electron chi connectivity index (χ3n) is 5.08. The van der Waals surface area contributed by atoms with Crippen molar-refractivity contribution in [1.29, 1.82) is 0 Å². The van der Waals surface area contributed by atoms with Gasteiger partial charge in [-0.1, -0.05) is 216 Å². The molecule has 0 heterocycles. The van der Waals surface area contributed by atoms with Crippen LogP contribution in [0.25, 0.3) is 0 Å². The van der Waals surface area contributed by atoms with Crippen LogP contribution in [-0.2, 0) is 11.8 Å². The van der Waals surface area contributed by atoms with Crippen molar-refractivity contribution in [3.05, 3.63) is 144 Å². The maximum absolute atomic E-state index is 2.26. The zero-order valence-corrected chi connectivity index (χ0v) is 27.6. The third-order valence-corrected chi connectivity index (χ3v) is 5.08. The highest BCUT2D eigenvalue weighted by Crippen LogP contribution is 2.30. The summed E-state index contributed by atoms with van der Waals surface area (Å²) in [6.45, 7) is 21.5. The highest BCUT2D eigenvalue weighted by Gasteiger charge is 2.21. The second-order valence-electron chi connectivity index (χ2n) is 10.3. The Morgan fingerprint density at radius 1 is 0.350 bits per heavy atom. The Kier molecular flexibility index (Phi) is 26.8. The molecule has 0 saturated carbocycles. The molecule has 0 bridgehead atoms. The predicted molar refractivity (Wildman–Crippen MR) is 185 cm³/mol. The van der Waals surface area contributed by atoms with Crippen molar-refractivity contribution in [3.63, 3.8) is 0 Å². The molecular formula is C40H60. The van der Waals surface area contributed by atoms with Crippen LogP contribution in [0.5, 0.6) is 0 Å². The van der Waals surface area contributed by atoms with E-state index in [1.165, 1.54) is 47.9 Å². The average molecular weight is 541 g/mol. The van der Waals surface area contributed by atoms with Gasteiger partial charge in [0.1, 0.15) is 0 Å². The first-order valence-corrected chi connectivity index (χ1v) is 15.5. The van der Waals surface area contributed by atoms with Crippen molar-refractivity contribution < 1.29 is 0 Å². The molecule has 0 aliphatic carbocycles. The molecule has 40 heavy (non-hydrogen) atoms. The molecule has 4 rings (SSSR count). The van der Waals surface area contributed by atoms with Crippen LogP contribution in [-0.4, -0.2) is 0 Å². The first kappa shape index (κ1) is 39.0. The normalized spacial score (nSPS) is 9.25. The van der Waals surface area contributed by atoms with Crippen LogP contribution in [0.1, 0.15) is 117 Å². The van der Waals surface area contributed by atoms with Crippen LogP contribution in [0.4, 0.5) is 0 Å². The van der Waals surface area contributed by atoms with Crippen molar-refractivity contribution in [2.24, 2.45) is 0 Å². The summed E-state index contributed by atoms with van der Waals surface area (Å²) in [6, 6.07) is 42.3. The third kappa shape index (κ3) is 19.9. The van der Waals surface area contributed by atoms with Gasteiger partial charge in [-0.25, -0.2) is 0 Å². The van der Waals surface area contributed by atoms with Gasteiger partial charge < -0.3 is 0 Å². The molecule has 0 N–H and O–H groups in total. The van der Waals surface area contributed by atoms with Crippen molar-refractivity contribution in [1.82, 2.24) is 0 Å². The quantitative estimate of drug-likeness (QED) is 0.241. The largest absolute Gasteiger partial charge is 0.0656 e. The number of rotatable bonds is 4. The molecule has 0 nitrogen and oxygen atoms in total. The van der Waals surface area contributed by atoms with Crippen molar-refractivity contribution in [2.75, 3.05) is 0 Å². The Morgan fingerprint density at radius 3 is 0.775 bits per heavy atom. The number of benzene rings is 4. The Labute approximate surface area is 249 Å². The zero-order valence-electron chi connectivity index (χ0n) is 27.6. The van der Waals surface area contributed by atoms with E-state index in [1.807, 2.05) is 0 Å². The minimum atomic E-state index is 0.0858. The molecule has 220 valence electrons. The van der Waals surface area contributed by atoms with Gasteiger partial charge in [0.05, 0.1) is 0 Å². The molecule has 0 amide bonds. The minimum Gasteiger partial charge on any atom is -0.0656 e.